The quantitative estimate of drug-likeness (QED) is 0.619. The number of hydrogen-bond acceptors (Lipinski definition) is 1. The van der Waals surface area contributed by atoms with Gasteiger partial charge in [0.25, 0.3) is 0 Å². The zero-order chi connectivity index (χ0) is 14.0. The highest BCUT2D eigenvalue weighted by Gasteiger charge is 2.20. The van der Waals surface area contributed by atoms with Crippen LogP contribution in [0.25, 0.3) is 0 Å². The molecule has 0 bridgehead atoms. The number of aliphatic imine (C=N–C) groups is 1. The topological polar surface area (TPSA) is 12.4 Å². The predicted molar refractivity (Wildman–Crippen MR) is 82.3 cm³/mol. The molecule has 0 saturated heterocycles. The van der Waals surface area contributed by atoms with Crippen molar-refractivity contribution >= 4 is 11.9 Å². The molecule has 0 saturated carbocycles. The fraction of sp³-hybridized carbons (Fsp3) is 0.588. The second-order valence-corrected chi connectivity index (χ2v) is 6.99. The van der Waals surface area contributed by atoms with Gasteiger partial charge in [0.15, 0.2) is 0 Å². The number of benzene rings is 1. The Labute approximate surface area is 112 Å². The van der Waals surface area contributed by atoms with Crippen LogP contribution in [0.3, 0.4) is 0 Å². The molecule has 0 aromatic heterocycles. The molecule has 0 N–H and O–H groups in total. The molecule has 1 rings (SSSR count). The summed E-state index contributed by atoms with van der Waals surface area (Å²) in [5.74, 6) is 0. The van der Waals surface area contributed by atoms with E-state index < -0.39 is 0 Å². The van der Waals surface area contributed by atoms with Crippen LogP contribution < -0.4 is 0 Å². The number of rotatable bonds is 2. The molecule has 100 valence electrons. The van der Waals surface area contributed by atoms with Crippen molar-refractivity contribution < 1.29 is 0 Å². The second-order valence-electron chi connectivity index (χ2n) is 6.99. The third kappa shape index (κ3) is 3.97. The van der Waals surface area contributed by atoms with Gasteiger partial charge in [-0.1, -0.05) is 54.5 Å². The van der Waals surface area contributed by atoms with E-state index in [9.17, 15) is 0 Å². The summed E-state index contributed by atoms with van der Waals surface area (Å²) in [6.07, 6.45) is 2.96. The van der Waals surface area contributed by atoms with Gasteiger partial charge in [0, 0.05) is 6.21 Å². The van der Waals surface area contributed by atoms with Crippen LogP contribution in [0.2, 0.25) is 0 Å². The van der Waals surface area contributed by atoms with E-state index in [-0.39, 0.29) is 10.8 Å². The van der Waals surface area contributed by atoms with E-state index in [4.69, 9.17) is 0 Å². The fourth-order valence-corrected chi connectivity index (χ4v) is 1.75. The van der Waals surface area contributed by atoms with E-state index in [1.165, 1.54) is 11.1 Å². The Morgan fingerprint density at radius 3 is 1.67 bits per heavy atom. The van der Waals surface area contributed by atoms with E-state index in [2.05, 4.69) is 71.7 Å². The molecule has 0 heterocycles. The minimum atomic E-state index is 0.164. The molecule has 1 nitrogen and oxygen atoms in total. The standard InChI is InChI=1S/C17H27N/c1-8-9-18-15-11-13(16(2,3)4)10-14(12-15)17(5,6)7/h9-12H,8H2,1-7H3. The van der Waals surface area contributed by atoms with Crippen LogP contribution in [0.1, 0.15) is 66.0 Å². The van der Waals surface area contributed by atoms with Gasteiger partial charge < -0.3 is 0 Å². The van der Waals surface area contributed by atoms with Crippen LogP contribution in [-0.2, 0) is 10.8 Å². The summed E-state index contributed by atoms with van der Waals surface area (Å²) < 4.78 is 0. The van der Waals surface area contributed by atoms with Crippen molar-refractivity contribution in [2.75, 3.05) is 0 Å². The van der Waals surface area contributed by atoms with Crippen LogP contribution in [-0.4, -0.2) is 6.21 Å². The van der Waals surface area contributed by atoms with Gasteiger partial charge >= 0.3 is 0 Å². The highest BCUT2D eigenvalue weighted by molar-refractivity contribution is 5.64. The normalized spacial score (nSPS) is 13.3. The Kier molecular flexibility index (Phi) is 4.37. The van der Waals surface area contributed by atoms with Gasteiger partial charge in [-0.05, 0) is 40.5 Å². The van der Waals surface area contributed by atoms with Crippen molar-refractivity contribution in [3.63, 3.8) is 0 Å². The van der Waals surface area contributed by atoms with E-state index in [1.54, 1.807) is 0 Å². The maximum Gasteiger partial charge on any atom is 0.0631 e. The Bertz CT molecular complexity index is 396. The highest BCUT2D eigenvalue weighted by Crippen LogP contribution is 2.32. The third-order valence-electron chi connectivity index (χ3n) is 3.07. The van der Waals surface area contributed by atoms with Crippen molar-refractivity contribution in [1.29, 1.82) is 0 Å². The molecule has 1 heteroatoms. The SMILES string of the molecule is CCC=Nc1cc(C(C)(C)C)cc(C(C)(C)C)c1. The maximum atomic E-state index is 4.55. The number of nitrogens with zero attached hydrogens (tertiary/aromatic N) is 1. The minimum absolute atomic E-state index is 0.164. The summed E-state index contributed by atoms with van der Waals surface area (Å²) in [6.45, 7) is 15.6. The predicted octanol–water partition coefficient (Wildman–Crippen LogP) is 5.39. The lowest BCUT2D eigenvalue weighted by atomic mass is 9.80. The first kappa shape index (κ1) is 14.9. The van der Waals surface area contributed by atoms with Gasteiger partial charge in [-0.25, -0.2) is 0 Å². The van der Waals surface area contributed by atoms with Crippen molar-refractivity contribution in [3.8, 4) is 0 Å². The average Bonchev–Trinajstić information content (AvgIpc) is 2.23. The van der Waals surface area contributed by atoms with Crippen molar-refractivity contribution in [1.82, 2.24) is 0 Å². The summed E-state index contributed by atoms with van der Waals surface area (Å²) in [4.78, 5) is 4.55. The lowest BCUT2D eigenvalue weighted by Gasteiger charge is -2.25. The molecule has 0 atom stereocenters. The Morgan fingerprint density at radius 1 is 0.889 bits per heavy atom. The van der Waals surface area contributed by atoms with Gasteiger partial charge in [-0.15, -0.1) is 0 Å². The van der Waals surface area contributed by atoms with Crippen LogP contribution >= 0.6 is 0 Å². The minimum Gasteiger partial charge on any atom is -0.261 e. The van der Waals surface area contributed by atoms with Gasteiger partial charge in [-0.3, -0.25) is 4.99 Å². The molecule has 0 spiro atoms. The van der Waals surface area contributed by atoms with E-state index in [1.807, 2.05) is 6.21 Å². The zero-order valence-corrected chi connectivity index (χ0v) is 13.0. The Balaban J connectivity index is 3.34. The molecule has 0 fully saturated rings. The monoisotopic (exact) mass is 245 g/mol. The third-order valence-corrected chi connectivity index (χ3v) is 3.07. The van der Waals surface area contributed by atoms with Crippen molar-refractivity contribution in [2.24, 2.45) is 4.99 Å². The van der Waals surface area contributed by atoms with E-state index in [0.717, 1.165) is 12.1 Å². The van der Waals surface area contributed by atoms with Gasteiger partial charge in [0.2, 0.25) is 0 Å². The molecule has 0 aliphatic carbocycles. The zero-order valence-electron chi connectivity index (χ0n) is 13.0. The summed E-state index contributed by atoms with van der Waals surface area (Å²) in [5, 5.41) is 0. The molecule has 0 unspecified atom stereocenters. The lowest BCUT2D eigenvalue weighted by Crippen LogP contribution is -2.16. The van der Waals surface area contributed by atoms with Crippen LogP contribution in [0, 0.1) is 0 Å². The molecule has 1 aromatic carbocycles. The second kappa shape index (κ2) is 5.26. The van der Waals surface area contributed by atoms with E-state index >= 15 is 0 Å². The van der Waals surface area contributed by atoms with E-state index in [0.29, 0.717) is 0 Å². The molecule has 1 aromatic rings. The van der Waals surface area contributed by atoms with Crippen molar-refractivity contribution in [2.45, 2.75) is 65.7 Å². The lowest BCUT2D eigenvalue weighted by molar-refractivity contribution is 0.569. The van der Waals surface area contributed by atoms with Crippen LogP contribution in [0.4, 0.5) is 5.69 Å². The first-order valence-electron chi connectivity index (χ1n) is 6.83. The summed E-state index contributed by atoms with van der Waals surface area (Å²) >= 11 is 0. The highest BCUT2D eigenvalue weighted by atomic mass is 14.7. The smallest absolute Gasteiger partial charge is 0.0631 e. The fourth-order valence-electron chi connectivity index (χ4n) is 1.75. The summed E-state index contributed by atoms with van der Waals surface area (Å²) in [5.41, 5.74) is 4.13. The molecule has 18 heavy (non-hydrogen) atoms. The first-order chi connectivity index (χ1) is 8.14. The van der Waals surface area contributed by atoms with Gasteiger partial charge in [0.1, 0.15) is 0 Å². The molecule has 0 aliphatic heterocycles. The van der Waals surface area contributed by atoms with Gasteiger partial charge in [-0.2, -0.15) is 0 Å². The van der Waals surface area contributed by atoms with Gasteiger partial charge in [0.05, 0.1) is 5.69 Å². The summed E-state index contributed by atoms with van der Waals surface area (Å²) in [7, 11) is 0. The van der Waals surface area contributed by atoms with Crippen LogP contribution in [0.5, 0.6) is 0 Å². The average molecular weight is 245 g/mol. The first-order valence-corrected chi connectivity index (χ1v) is 6.83. The maximum absolute atomic E-state index is 4.55. The molecule has 0 aliphatic rings. The largest absolute Gasteiger partial charge is 0.261 e. The van der Waals surface area contributed by atoms with Crippen molar-refractivity contribution in [3.05, 3.63) is 29.3 Å². The molecule has 0 radical (unpaired) electrons. The molecule has 0 amide bonds. The Hall–Kier alpha value is -1.11. The van der Waals surface area contributed by atoms with Crippen LogP contribution in [0.15, 0.2) is 23.2 Å². The Morgan fingerprint density at radius 2 is 1.33 bits per heavy atom. The molecular weight excluding hydrogens is 218 g/mol. The number of hydrogen-bond donors (Lipinski definition) is 0. The summed E-state index contributed by atoms with van der Waals surface area (Å²) in [6, 6.07) is 6.74. The molecular formula is C17H27N.